The molecule has 300 valence electrons. The van der Waals surface area contributed by atoms with Gasteiger partial charge in [0.1, 0.15) is 5.82 Å². The SMILES string of the molecule is CC(C)c1nc(-c2ccccc2)nc(-c2cccc(-c3nc(-c4ccccc4)nc(-c4cc(-c5ccccn5)cc(-c5nc(-c6ccccc6)nc(-c6ccccc6)n5)c4)n3)c2)n1. The summed E-state index contributed by atoms with van der Waals surface area (Å²) in [5.41, 5.74) is 8.24. The lowest BCUT2D eigenvalue weighted by molar-refractivity contribution is 0.766. The quantitative estimate of drug-likeness (QED) is 0.131. The van der Waals surface area contributed by atoms with Crippen LogP contribution in [0, 0.1) is 0 Å². The minimum Gasteiger partial charge on any atom is -0.256 e. The average molecular weight is 815 g/mol. The molecule has 0 unspecified atom stereocenters. The van der Waals surface area contributed by atoms with E-state index in [1.165, 1.54) is 0 Å². The van der Waals surface area contributed by atoms with Crippen LogP contribution in [0.25, 0.3) is 102 Å². The smallest absolute Gasteiger partial charge is 0.164 e. The highest BCUT2D eigenvalue weighted by Crippen LogP contribution is 2.34. The number of benzene rings is 6. The fraction of sp³-hybridized carbons (Fsp3) is 0.0566. The fourth-order valence-corrected chi connectivity index (χ4v) is 7.15. The van der Waals surface area contributed by atoms with Crippen molar-refractivity contribution in [3.05, 3.63) is 194 Å². The molecule has 4 heterocycles. The van der Waals surface area contributed by atoms with Gasteiger partial charge in [-0.1, -0.05) is 159 Å². The van der Waals surface area contributed by atoms with Gasteiger partial charge in [0.05, 0.1) is 5.69 Å². The van der Waals surface area contributed by atoms with Crippen LogP contribution in [-0.4, -0.2) is 49.8 Å². The Balaban J connectivity index is 1.15. The summed E-state index contributed by atoms with van der Waals surface area (Å²) in [4.78, 5) is 49.9. The molecular weight excluding hydrogens is 777 g/mol. The Hall–Kier alpha value is -8.50. The predicted molar refractivity (Wildman–Crippen MR) is 247 cm³/mol. The maximum Gasteiger partial charge on any atom is 0.164 e. The molecule has 0 aliphatic carbocycles. The highest BCUT2D eigenvalue weighted by atomic mass is 15.1. The van der Waals surface area contributed by atoms with E-state index in [2.05, 4.69) is 26.0 Å². The van der Waals surface area contributed by atoms with Gasteiger partial charge in [-0.25, -0.2) is 44.9 Å². The zero-order valence-electron chi connectivity index (χ0n) is 34.4. The first-order chi connectivity index (χ1) is 31.0. The summed E-state index contributed by atoms with van der Waals surface area (Å²) < 4.78 is 0. The molecule has 0 aliphatic heterocycles. The molecule has 6 aromatic carbocycles. The molecule has 10 rings (SSSR count). The minimum absolute atomic E-state index is 0.0936. The van der Waals surface area contributed by atoms with E-state index in [-0.39, 0.29) is 5.92 Å². The minimum atomic E-state index is 0.0936. The molecule has 10 aromatic rings. The lowest BCUT2D eigenvalue weighted by Crippen LogP contribution is -2.05. The first-order valence-corrected chi connectivity index (χ1v) is 20.7. The molecule has 0 bridgehead atoms. The zero-order valence-corrected chi connectivity index (χ0v) is 34.4. The van der Waals surface area contributed by atoms with Gasteiger partial charge in [0.15, 0.2) is 46.6 Å². The molecule has 63 heavy (non-hydrogen) atoms. The van der Waals surface area contributed by atoms with Crippen LogP contribution in [-0.2, 0) is 0 Å². The first-order valence-electron chi connectivity index (χ1n) is 20.7. The van der Waals surface area contributed by atoms with E-state index in [9.17, 15) is 0 Å². The molecule has 0 radical (unpaired) electrons. The van der Waals surface area contributed by atoms with Crippen LogP contribution in [0.1, 0.15) is 25.6 Å². The third kappa shape index (κ3) is 8.46. The number of rotatable bonds is 10. The van der Waals surface area contributed by atoms with Gasteiger partial charge in [-0.15, -0.1) is 0 Å². The molecule has 0 amide bonds. The van der Waals surface area contributed by atoms with E-state index in [0.717, 1.165) is 55.8 Å². The van der Waals surface area contributed by atoms with Gasteiger partial charge in [0.25, 0.3) is 0 Å². The lowest BCUT2D eigenvalue weighted by Gasteiger charge is -2.13. The van der Waals surface area contributed by atoms with E-state index in [1.807, 2.05) is 170 Å². The second kappa shape index (κ2) is 17.2. The van der Waals surface area contributed by atoms with Crippen LogP contribution in [0.3, 0.4) is 0 Å². The van der Waals surface area contributed by atoms with Crippen LogP contribution in [0.5, 0.6) is 0 Å². The van der Waals surface area contributed by atoms with Gasteiger partial charge in [-0.05, 0) is 36.4 Å². The van der Waals surface area contributed by atoms with Gasteiger partial charge in [0.2, 0.25) is 0 Å². The molecule has 0 saturated carbocycles. The topological polar surface area (TPSA) is 129 Å². The molecular formula is C53H38N10. The number of aromatic nitrogens is 10. The Labute approximate surface area is 364 Å². The van der Waals surface area contributed by atoms with E-state index >= 15 is 0 Å². The second-order valence-electron chi connectivity index (χ2n) is 15.2. The largest absolute Gasteiger partial charge is 0.256 e. The Bertz CT molecular complexity index is 3130. The molecule has 0 fully saturated rings. The molecule has 0 aliphatic rings. The van der Waals surface area contributed by atoms with Crippen molar-refractivity contribution in [2.45, 2.75) is 19.8 Å². The average Bonchev–Trinajstić information content (AvgIpc) is 3.37. The van der Waals surface area contributed by atoms with Gasteiger partial charge in [-0.2, -0.15) is 0 Å². The Kier molecular flexibility index (Phi) is 10.6. The summed E-state index contributed by atoms with van der Waals surface area (Å²) in [7, 11) is 0. The van der Waals surface area contributed by atoms with Crippen molar-refractivity contribution in [1.29, 1.82) is 0 Å². The van der Waals surface area contributed by atoms with Crippen LogP contribution in [0.15, 0.2) is 188 Å². The van der Waals surface area contributed by atoms with Crippen molar-refractivity contribution in [1.82, 2.24) is 49.8 Å². The molecule has 10 nitrogen and oxygen atoms in total. The number of pyridine rings is 1. The highest BCUT2D eigenvalue weighted by molar-refractivity contribution is 5.79. The molecule has 0 atom stereocenters. The van der Waals surface area contributed by atoms with Crippen LogP contribution < -0.4 is 0 Å². The summed E-state index contributed by atoms with van der Waals surface area (Å²) in [5, 5.41) is 0. The van der Waals surface area contributed by atoms with Crippen molar-refractivity contribution >= 4 is 0 Å². The molecule has 0 N–H and O–H groups in total. The zero-order chi connectivity index (χ0) is 42.5. The van der Waals surface area contributed by atoms with Crippen molar-refractivity contribution in [3.8, 4) is 102 Å². The monoisotopic (exact) mass is 814 g/mol. The number of hydrogen-bond donors (Lipinski definition) is 0. The summed E-state index contributed by atoms with van der Waals surface area (Å²) in [5.74, 6) is 5.11. The van der Waals surface area contributed by atoms with Gasteiger partial charge >= 0.3 is 0 Å². The van der Waals surface area contributed by atoms with Crippen molar-refractivity contribution in [3.63, 3.8) is 0 Å². The lowest BCUT2D eigenvalue weighted by atomic mass is 10.0. The van der Waals surface area contributed by atoms with Crippen LogP contribution >= 0.6 is 0 Å². The maximum absolute atomic E-state index is 5.20. The number of hydrogen-bond acceptors (Lipinski definition) is 10. The molecule has 0 saturated heterocycles. The Morgan fingerprint density at radius 1 is 0.270 bits per heavy atom. The second-order valence-corrected chi connectivity index (χ2v) is 15.2. The number of nitrogens with zero attached hydrogens (tertiary/aromatic N) is 10. The maximum atomic E-state index is 5.20. The van der Waals surface area contributed by atoms with Crippen molar-refractivity contribution < 1.29 is 0 Å². The van der Waals surface area contributed by atoms with Gasteiger partial charge < -0.3 is 0 Å². The summed E-state index contributed by atoms with van der Waals surface area (Å²) in [6.45, 7) is 4.17. The Morgan fingerprint density at radius 3 is 0.952 bits per heavy atom. The first kappa shape index (κ1) is 38.7. The van der Waals surface area contributed by atoms with Gasteiger partial charge in [0, 0.05) is 62.2 Å². The van der Waals surface area contributed by atoms with Crippen LogP contribution in [0.4, 0.5) is 0 Å². The van der Waals surface area contributed by atoms with Gasteiger partial charge in [-0.3, -0.25) is 4.98 Å². The van der Waals surface area contributed by atoms with Crippen molar-refractivity contribution in [2.75, 3.05) is 0 Å². The van der Waals surface area contributed by atoms with E-state index in [1.54, 1.807) is 6.20 Å². The molecule has 0 spiro atoms. The third-order valence-corrected chi connectivity index (χ3v) is 10.4. The fourth-order valence-electron chi connectivity index (χ4n) is 7.15. The highest BCUT2D eigenvalue weighted by Gasteiger charge is 2.19. The van der Waals surface area contributed by atoms with Crippen LogP contribution in [0.2, 0.25) is 0 Å². The summed E-state index contributed by atoms with van der Waals surface area (Å²) in [6, 6.07) is 59.8. The molecule has 10 heteroatoms. The normalized spacial score (nSPS) is 11.2. The third-order valence-electron chi connectivity index (χ3n) is 10.4. The molecule has 4 aromatic heterocycles. The summed E-state index contributed by atoms with van der Waals surface area (Å²) >= 11 is 0. The Morgan fingerprint density at radius 2 is 0.571 bits per heavy atom. The summed E-state index contributed by atoms with van der Waals surface area (Å²) in [6.07, 6.45) is 1.78. The van der Waals surface area contributed by atoms with E-state index in [4.69, 9.17) is 49.8 Å². The standard InChI is InChI=1S/C53H38N10/c1-34(2)45-55-46(35-18-7-3-8-19-35)58-50(56-45)39-26-17-27-40(30-39)51-59-49(38-24-13-6-14-25-38)62-53(63-51)43-32-41(44-28-15-16-29-54-44)31-42(33-43)52-60-47(36-20-9-4-10-21-36)57-48(61-52)37-22-11-5-12-23-37/h3-34H,1-2H3. The van der Waals surface area contributed by atoms with E-state index in [0.29, 0.717) is 52.4 Å². The van der Waals surface area contributed by atoms with Crippen molar-refractivity contribution in [2.24, 2.45) is 0 Å². The predicted octanol–water partition coefficient (Wildman–Crippen LogP) is 11.8. The van der Waals surface area contributed by atoms with E-state index < -0.39 is 0 Å².